The van der Waals surface area contributed by atoms with Crippen LogP contribution in [0.1, 0.15) is 131 Å². The predicted molar refractivity (Wildman–Crippen MR) is 181 cm³/mol. The molecule has 3 N–H and O–H groups in total. The van der Waals surface area contributed by atoms with Gasteiger partial charge in [0.2, 0.25) is 17.6 Å². The Kier molecular flexibility index (Phi) is 27.0. The van der Waals surface area contributed by atoms with E-state index >= 15 is 0 Å². The van der Waals surface area contributed by atoms with E-state index in [0.717, 1.165) is 38.5 Å². The first kappa shape index (κ1) is 43.2. The van der Waals surface area contributed by atoms with Crippen molar-refractivity contribution in [2.45, 2.75) is 150 Å². The van der Waals surface area contributed by atoms with E-state index in [-0.39, 0.29) is 36.2 Å². The number of nitrogens with one attached hydrogen (secondary N) is 3. The summed E-state index contributed by atoms with van der Waals surface area (Å²) in [4.78, 5) is 62.9. The predicted octanol–water partition coefficient (Wildman–Crippen LogP) is 6.66. The van der Waals surface area contributed by atoms with Crippen molar-refractivity contribution in [1.29, 1.82) is 0 Å². The molecule has 1 fully saturated rings. The van der Waals surface area contributed by atoms with E-state index in [1.807, 2.05) is 19.9 Å². The molecule has 4 amide bonds. The molecule has 0 aromatic rings. The standard InChI is InChI=1S/C26H44N4O5.C5H10.C4H10/c1-6-7-15-21(24(33)19(4)31)28-22(32)16-11-12-17-30(5)25(34)23(20-13-9-8-10-14-20)29-26(35)27-18(2)3;1-3-5-4-2;1-3-4-2/h6,18,20-21,23H,1,7-17H2,2-5H3,(H,28,32)(H2,27,29,35);3H,1,4-5H2,2H3;3-4H2,1-2H3. The number of ketones is 2. The third kappa shape index (κ3) is 21.7. The fraction of sp³-hybridized carbons (Fsp3) is 0.743. The zero-order valence-electron chi connectivity index (χ0n) is 29.0. The summed E-state index contributed by atoms with van der Waals surface area (Å²) >= 11 is 0. The minimum Gasteiger partial charge on any atom is -0.346 e. The van der Waals surface area contributed by atoms with E-state index in [0.29, 0.717) is 32.2 Å². The average molecular weight is 621 g/mol. The van der Waals surface area contributed by atoms with Crippen LogP contribution in [0.25, 0.3) is 0 Å². The van der Waals surface area contributed by atoms with Gasteiger partial charge in [0.25, 0.3) is 0 Å². The topological polar surface area (TPSA) is 125 Å². The molecule has 0 spiro atoms. The van der Waals surface area contributed by atoms with E-state index in [1.165, 1.54) is 26.2 Å². The Morgan fingerprint density at radius 2 is 1.43 bits per heavy atom. The van der Waals surface area contributed by atoms with Crippen LogP contribution in [0.5, 0.6) is 0 Å². The molecule has 0 aliphatic heterocycles. The highest BCUT2D eigenvalue weighted by Gasteiger charge is 2.33. The first-order valence-corrected chi connectivity index (χ1v) is 16.8. The van der Waals surface area contributed by atoms with Gasteiger partial charge < -0.3 is 20.9 Å². The van der Waals surface area contributed by atoms with Gasteiger partial charge in [-0.15, -0.1) is 13.2 Å². The molecule has 0 aromatic heterocycles. The summed E-state index contributed by atoms with van der Waals surface area (Å²) in [5.74, 6) is -1.48. The van der Waals surface area contributed by atoms with Gasteiger partial charge in [-0.3, -0.25) is 19.2 Å². The lowest BCUT2D eigenvalue weighted by molar-refractivity contribution is -0.137. The molecule has 1 aliphatic carbocycles. The van der Waals surface area contributed by atoms with Crippen LogP contribution in [0.3, 0.4) is 0 Å². The van der Waals surface area contributed by atoms with E-state index in [9.17, 15) is 24.0 Å². The molecule has 44 heavy (non-hydrogen) atoms. The maximum Gasteiger partial charge on any atom is 0.315 e. The van der Waals surface area contributed by atoms with Crippen LogP contribution in [0.4, 0.5) is 4.79 Å². The Bertz CT molecular complexity index is 850. The number of hydrogen-bond acceptors (Lipinski definition) is 5. The Balaban J connectivity index is 0. The Hall–Kier alpha value is -2.97. The molecule has 1 saturated carbocycles. The Morgan fingerprint density at radius 3 is 1.89 bits per heavy atom. The van der Waals surface area contributed by atoms with Crippen molar-refractivity contribution in [3.8, 4) is 0 Å². The highest BCUT2D eigenvalue weighted by Crippen LogP contribution is 2.27. The van der Waals surface area contributed by atoms with E-state index in [4.69, 9.17) is 0 Å². The number of Topliss-reactive ketones (excluding diaryl/α,β-unsaturated/α-hetero) is 2. The lowest BCUT2D eigenvalue weighted by atomic mass is 9.83. The Labute approximate surface area is 268 Å². The van der Waals surface area contributed by atoms with Crippen LogP contribution in [0.2, 0.25) is 0 Å². The summed E-state index contributed by atoms with van der Waals surface area (Å²) in [7, 11) is 1.72. The number of urea groups is 1. The minimum absolute atomic E-state index is 0.0249. The smallest absolute Gasteiger partial charge is 0.315 e. The summed E-state index contributed by atoms with van der Waals surface area (Å²) in [5, 5.41) is 8.34. The second kappa shape index (κ2) is 27.6. The molecular formula is C35H64N4O5. The van der Waals surface area contributed by atoms with Crippen molar-refractivity contribution >= 4 is 29.4 Å². The highest BCUT2D eigenvalue weighted by molar-refractivity contribution is 6.38. The fourth-order valence-electron chi connectivity index (χ4n) is 4.55. The van der Waals surface area contributed by atoms with Gasteiger partial charge >= 0.3 is 6.03 Å². The van der Waals surface area contributed by atoms with Gasteiger partial charge in [-0.1, -0.05) is 71.4 Å². The fourth-order valence-corrected chi connectivity index (χ4v) is 4.55. The molecule has 254 valence electrons. The second-order valence-corrected chi connectivity index (χ2v) is 11.8. The number of likely N-dealkylation sites (N-methyl/N-ethyl adjacent to an activating group) is 1. The monoisotopic (exact) mass is 620 g/mol. The first-order chi connectivity index (χ1) is 20.9. The van der Waals surface area contributed by atoms with E-state index in [2.05, 4.69) is 49.9 Å². The van der Waals surface area contributed by atoms with Crippen LogP contribution in [-0.4, -0.2) is 66.0 Å². The van der Waals surface area contributed by atoms with Crippen molar-refractivity contribution in [1.82, 2.24) is 20.9 Å². The quantitative estimate of drug-likeness (QED) is 0.0898. The molecular weight excluding hydrogens is 556 g/mol. The third-order valence-electron chi connectivity index (χ3n) is 7.27. The minimum atomic E-state index is -0.832. The summed E-state index contributed by atoms with van der Waals surface area (Å²) in [6, 6.07) is -1.75. The zero-order valence-corrected chi connectivity index (χ0v) is 29.0. The third-order valence-corrected chi connectivity index (χ3v) is 7.27. The van der Waals surface area contributed by atoms with Gasteiger partial charge in [0.15, 0.2) is 5.78 Å². The van der Waals surface area contributed by atoms with Crippen molar-refractivity contribution in [3.05, 3.63) is 25.3 Å². The normalized spacial score (nSPS) is 13.9. The van der Waals surface area contributed by atoms with Crippen LogP contribution < -0.4 is 16.0 Å². The van der Waals surface area contributed by atoms with E-state index < -0.39 is 23.7 Å². The molecule has 0 aromatic carbocycles. The number of amides is 4. The lowest BCUT2D eigenvalue weighted by Gasteiger charge is -2.33. The molecule has 1 rings (SSSR count). The first-order valence-electron chi connectivity index (χ1n) is 16.8. The molecule has 2 unspecified atom stereocenters. The SMILES string of the molecule is C=CCCC.C=CCCC(NC(=O)CCCCN(C)C(=O)C(NC(=O)NC(C)C)C1CCCCC1)C(=O)C(C)=O.CCCC. The van der Waals surface area contributed by atoms with Crippen LogP contribution in [-0.2, 0) is 19.2 Å². The van der Waals surface area contributed by atoms with Gasteiger partial charge in [0.05, 0.1) is 6.04 Å². The van der Waals surface area contributed by atoms with Gasteiger partial charge in [-0.05, 0) is 64.7 Å². The highest BCUT2D eigenvalue weighted by atomic mass is 16.2. The van der Waals surface area contributed by atoms with Crippen molar-refractivity contribution in [2.75, 3.05) is 13.6 Å². The number of unbranched alkanes of at least 4 members (excludes halogenated alkanes) is 3. The van der Waals surface area contributed by atoms with Gasteiger partial charge in [0, 0.05) is 33.0 Å². The van der Waals surface area contributed by atoms with Crippen LogP contribution >= 0.6 is 0 Å². The average Bonchev–Trinajstić information content (AvgIpc) is 3.00. The molecule has 0 bridgehead atoms. The second-order valence-electron chi connectivity index (χ2n) is 11.8. The maximum atomic E-state index is 13.2. The number of nitrogens with zero attached hydrogens (tertiary/aromatic N) is 1. The van der Waals surface area contributed by atoms with Crippen molar-refractivity contribution in [2.24, 2.45) is 5.92 Å². The van der Waals surface area contributed by atoms with Gasteiger partial charge in [-0.25, -0.2) is 4.79 Å². The molecule has 0 heterocycles. The largest absolute Gasteiger partial charge is 0.346 e. The number of rotatable bonds is 18. The number of carbonyl (C=O) groups excluding carboxylic acids is 5. The molecule has 1 aliphatic rings. The van der Waals surface area contributed by atoms with Crippen molar-refractivity contribution in [3.63, 3.8) is 0 Å². The molecule has 2 atom stereocenters. The molecule has 9 heteroatoms. The van der Waals surface area contributed by atoms with Gasteiger partial charge in [-0.2, -0.15) is 0 Å². The number of allylic oxidation sites excluding steroid dienone is 2. The molecule has 0 saturated heterocycles. The molecule has 9 nitrogen and oxygen atoms in total. The van der Waals surface area contributed by atoms with Gasteiger partial charge in [0.1, 0.15) is 6.04 Å². The maximum absolute atomic E-state index is 13.2. The summed E-state index contributed by atoms with van der Waals surface area (Å²) in [5.41, 5.74) is 0. The number of carbonyl (C=O) groups is 5. The molecule has 0 radical (unpaired) electrons. The summed E-state index contributed by atoms with van der Waals surface area (Å²) in [6.07, 6.45) is 15.9. The summed E-state index contributed by atoms with van der Waals surface area (Å²) in [6.45, 7) is 19.1. The lowest BCUT2D eigenvalue weighted by Crippen LogP contribution is -2.55. The van der Waals surface area contributed by atoms with Crippen LogP contribution in [0.15, 0.2) is 25.3 Å². The van der Waals surface area contributed by atoms with Crippen LogP contribution in [0, 0.1) is 5.92 Å². The number of hydrogen-bond donors (Lipinski definition) is 3. The summed E-state index contributed by atoms with van der Waals surface area (Å²) < 4.78 is 0. The van der Waals surface area contributed by atoms with E-state index in [1.54, 1.807) is 18.0 Å². The Morgan fingerprint density at radius 1 is 0.841 bits per heavy atom. The zero-order chi connectivity index (χ0) is 33.9. The van der Waals surface area contributed by atoms with Crippen molar-refractivity contribution < 1.29 is 24.0 Å².